The Morgan fingerprint density at radius 3 is 2.26 bits per heavy atom. The minimum atomic E-state index is -4.85. The zero-order chi connectivity index (χ0) is 20.6. The molecular formula is C16H23F3N4O3S. The van der Waals surface area contributed by atoms with Crippen LogP contribution in [0.5, 0.6) is 0 Å². The van der Waals surface area contributed by atoms with E-state index in [1.54, 1.807) is 6.92 Å². The van der Waals surface area contributed by atoms with Crippen LogP contribution in [0.3, 0.4) is 0 Å². The summed E-state index contributed by atoms with van der Waals surface area (Å²) in [6.45, 7) is 7.23. The fourth-order valence-electron chi connectivity index (χ4n) is 2.32. The highest BCUT2D eigenvalue weighted by molar-refractivity contribution is 7.91. The Bertz CT molecular complexity index is 805. The molecule has 1 aliphatic rings. The first-order chi connectivity index (χ1) is 12.2. The van der Waals surface area contributed by atoms with E-state index in [1.807, 2.05) is 20.8 Å². The van der Waals surface area contributed by atoms with Gasteiger partial charge in [-0.1, -0.05) is 20.8 Å². The van der Waals surface area contributed by atoms with Crippen LogP contribution >= 0.6 is 0 Å². The molecule has 11 heteroatoms. The third kappa shape index (κ3) is 5.30. The molecule has 1 aromatic heterocycles. The quantitative estimate of drug-likeness (QED) is 0.825. The van der Waals surface area contributed by atoms with Crippen LogP contribution in [0.1, 0.15) is 43.7 Å². The summed E-state index contributed by atoms with van der Waals surface area (Å²) < 4.78 is 63.3. The van der Waals surface area contributed by atoms with E-state index in [2.05, 4.69) is 15.3 Å². The van der Waals surface area contributed by atoms with Gasteiger partial charge in [0.25, 0.3) is 5.91 Å². The number of anilines is 1. The fourth-order valence-corrected chi connectivity index (χ4v) is 3.52. The Labute approximate surface area is 156 Å². The van der Waals surface area contributed by atoms with Crippen LogP contribution in [-0.2, 0) is 16.0 Å². The highest BCUT2D eigenvalue weighted by Crippen LogP contribution is 2.32. The number of aromatic nitrogens is 2. The second-order valence-corrected chi connectivity index (χ2v) is 9.93. The molecule has 0 aromatic carbocycles. The summed E-state index contributed by atoms with van der Waals surface area (Å²) in [5, 5.41) is 2.82. The van der Waals surface area contributed by atoms with Gasteiger partial charge in [-0.3, -0.25) is 4.79 Å². The van der Waals surface area contributed by atoms with Crippen LogP contribution in [0.4, 0.5) is 19.1 Å². The smallest absolute Gasteiger partial charge is 0.351 e. The monoisotopic (exact) mass is 408 g/mol. The molecule has 7 nitrogen and oxygen atoms in total. The Morgan fingerprint density at radius 1 is 1.22 bits per heavy atom. The maximum Gasteiger partial charge on any atom is 0.434 e. The van der Waals surface area contributed by atoms with Gasteiger partial charge in [0, 0.05) is 25.3 Å². The Hall–Kier alpha value is -1.91. The topological polar surface area (TPSA) is 92.3 Å². The van der Waals surface area contributed by atoms with Crippen LogP contribution in [0.15, 0.2) is 6.20 Å². The molecule has 0 radical (unpaired) electrons. The number of carbonyl (C=O) groups is 1. The summed E-state index contributed by atoms with van der Waals surface area (Å²) >= 11 is 0. The van der Waals surface area contributed by atoms with Gasteiger partial charge in [-0.2, -0.15) is 13.2 Å². The van der Waals surface area contributed by atoms with Crippen molar-refractivity contribution < 1.29 is 26.4 Å². The van der Waals surface area contributed by atoms with Crippen molar-refractivity contribution in [3.05, 3.63) is 17.5 Å². The van der Waals surface area contributed by atoms with Crippen molar-refractivity contribution in [2.24, 2.45) is 5.41 Å². The summed E-state index contributed by atoms with van der Waals surface area (Å²) in [7, 11) is -3.26. The first kappa shape index (κ1) is 21.4. The first-order valence-corrected chi connectivity index (χ1v) is 10.2. The predicted molar refractivity (Wildman–Crippen MR) is 94.1 cm³/mol. The number of hydrogen-bond acceptors (Lipinski definition) is 6. The van der Waals surface area contributed by atoms with Crippen LogP contribution in [0.2, 0.25) is 0 Å². The third-order valence-corrected chi connectivity index (χ3v) is 6.17. The van der Waals surface area contributed by atoms with E-state index in [0.717, 1.165) is 11.1 Å². The average Bonchev–Trinajstić information content (AvgIpc) is 2.52. The standard InChI is InChI=1S/C16H23F3N4O3S/c1-10(15(2,3)4)21-14-20-9-11(12(22-14)16(17,18)19)13(24)23-5-7-27(25,26)8-6-23/h9-10H,5-8H2,1-4H3,(H,20,21,22)/t10-/m0/s1. The Morgan fingerprint density at radius 2 is 1.78 bits per heavy atom. The largest absolute Gasteiger partial charge is 0.434 e. The zero-order valence-corrected chi connectivity index (χ0v) is 16.4. The molecule has 0 saturated carbocycles. The summed E-state index contributed by atoms with van der Waals surface area (Å²) in [6.07, 6.45) is -4.00. The first-order valence-electron chi connectivity index (χ1n) is 8.41. The highest BCUT2D eigenvalue weighted by Gasteiger charge is 2.40. The Kier molecular flexibility index (Phi) is 5.74. The molecule has 1 saturated heterocycles. The number of carbonyl (C=O) groups excluding carboxylic acids is 1. The van der Waals surface area contributed by atoms with Gasteiger partial charge in [-0.05, 0) is 12.3 Å². The van der Waals surface area contributed by atoms with Gasteiger partial charge in [-0.15, -0.1) is 0 Å². The maximum atomic E-state index is 13.5. The zero-order valence-electron chi connectivity index (χ0n) is 15.6. The van der Waals surface area contributed by atoms with E-state index in [4.69, 9.17) is 0 Å². The van der Waals surface area contributed by atoms with Gasteiger partial charge < -0.3 is 10.2 Å². The van der Waals surface area contributed by atoms with Crippen molar-refractivity contribution in [2.45, 2.75) is 39.9 Å². The number of hydrogen-bond donors (Lipinski definition) is 1. The van der Waals surface area contributed by atoms with Crippen molar-refractivity contribution in [1.82, 2.24) is 14.9 Å². The molecule has 1 aliphatic heterocycles. The maximum absolute atomic E-state index is 13.5. The fraction of sp³-hybridized carbons (Fsp3) is 0.688. The van der Waals surface area contributed by atoms with Crippen LogP contribution in [0.25, 0.3) is 0 Å². The number of amides is 1. The molecule has 0 aliphatic carbocycles. The number of nitrogens with one attached hydrogen (secondary N) is 1. The lowest BCUT2D eigenvalue weighted by molar-refractivity contribution is -0.141. The van der Waals surface area contributed by atoms with Crippen molar-refractivity contribution in [3.63, 3.8) is 0 Å². The normalized spacial score (nSPS) is 18.9. The molecule has 1 atom stereocenters. The van der Waals surface area contributed by atoms with Crippen LogP contribution in [0, 0.1) is 5.41 Å². The van der Waals surface area contributed by atoms with Gasteiger partial charge in [0.1, 0.15) is 0 Å². The number of nitrogens with zero attached hydrogens (tertiary/aromatic N) is 3. The van der Waals surface area contributed by atoms with E-state index in [0.29, 0.717) is 0 Å². The van der Waals surface area contributed by atoms with Crippen molar-refractivity contribution >= 4 is 21.7 Å². The molecular weight excluding hydrogens is 385 g/mol. The van der Waals surface area contributed by atoms with Crippen molar-refractivity contribution in [3.8, 4) is 0 Å². The number of sulfone groups is 1. The van der Waals surface area contributed by atoms with E-state index < -0.39 is 33.2 Å². The molecule has 0 bridgehead atoms. The molecule has 1 fully saturated rings. The minimum absolute atomic E-state index is 0.153. The van der Waals surface area contributed by atoms with Gasteiger partial charge in [0.05, 0.1) is 17.1 Å². The Balaban J connectivity index is 2.32. The van der Waals surface area contributed by atoms with Crippen LogP contribution in [-0.4, -0.2) is 59.8 Å². The molecule has 0 unspecified atom stereocenters. The van der Waals surface area contributed by atoms with E-state index in [9.17, 15) is 26.4 Å². The molecule has 1 N–H and O–H groups in total. The van der Waals surface area contributed by atoms with E-state index >= 15 is 0 Å². The summed E-state index contributed by atoms with van der Waals surface area (Å²) in [6, 6.07) is -0.215. The lowest BCUT2D eigenvalue weighted by Crippen LogP contribution is -2.44. The van der Waals surface area contributed by atoms with E-state index in [-0.39, 0.29) is 42.0 Å². The molecule has 2 heterocycles. The molecule has 2 rings (SSSR count). The summed E-state index contributed by atoms with van der Waals surface area (Å²) in [5.74, 6) is -1.69. The second-order valence-electron chi connectivity index (χ2n) is 7.63. The predicted octanol–water partition coefficient (Wildman–Crippen LogP) is 2.21. The van der Waals surface area contributed by atoms with Gasteiger partial charge >= 0.3 is 6.18 Å². The van der Waals surface area contributed by atoms with Crippen molar-refractivity contribution in [1.29, 1.82) is 0 Å². The minimum Gasteiger partial charge on any atom is -0.351 e. The molecule has 152 valence electrons. The molecule has 1 aromatic rings. The van der Waals surface area contributed by atoms with Gasteiger partial charge in [-0.25, -0.2) is 18.4 Å². The second kappa shape index (κ2) is 7.25. The lowest BCUT2D eigenvalue weighted by atomic mass is 9.88. The lowest BCUT2D eigenvalue weighted by Gasteiger charge is -2.29. The number of halogens is 3. The number of alkyl halides is 3. The molecule has 0 spiro atoms. The number of rotatable bonds is 3. The highest BCUT2D eigenvalue weighted by atomic mass is 32.2. The van der Waals surface area contributed by atoms with Gasteiger partial charge in [0.2, 0.25) is 5.95 Å². The van der Waals surface area contributed by atoms with Crippen molar-refractivity contribution in [2.75, 3.05) is 29.9 Å². The van der Waals surface area contributed by atoms with Gasteiger partial charge in [0.15, 0.2) is 15.5 Å². The summed E-state index contributed by atoms with van der Waals surface area (Å²) in [4.78, 5) is 21.0. The summed E-state index contributed by atoms with van der Waals surface area (Å²) in [5.41, 5.74) is -2.26. The van der Waals surface area contributed by atoms with Crippen LogP contribution < -0.4 is 5.32 Å². The molecule has 1 amide bonds. The van der Waals surface area contributed by atoms with E-state index in [1.165, 1.54) is 0 Å². The third-order valence-electron chi connectivity index (χ3n) is 4.56. The average molecular weight is 408 g/mol. The molecule has 27 heavy (non-hydrogen) atoms. The SMILES string of the molecule is C[C@H](Nc1ncc(C(=O)N2CCS(=O)(=O)CC2)c(C(F)(F)F)n1)C(C)(C)C.